The van der Waals surface area contributed by atoms with E-state index in [1.807, 2.05) is 30.3 Å². The normalized spacial score (nSPS) is 20.0. The molecule has 0 aromatic heterocycles. The van der Waals surface area contributed by atoms with Crippen molar-refractivity contribution in [1.29, 1.82) is 0 Å². The van der Waals surface area contributed by atoms with E-state index in [2.05, 4.69) is 41.4 Å². The fourth-order valence-electron chi connectivity index (χ4n) is 3.24. The van der Waals surface area contributed by atoms with Gasteiger partial charge in [-0.3, -0.25) is 0 Å². The molecule has 0 heterocycles. The summed E-state index contributed by atoms with van der Waals surface area (Å²) in [5, 5.41) is 3.72. The molecule has 0 bridgehead atoms. The van der Waals surface area contributed by atoms with Gasteiger partial charge >= 0.3 is 0 Å². The van der Waals surface area contributed by atoms with Gasteiger partial charge in [0.2, 0.25) is 0 Å². The van der Waals surface area contributed by atoms with Crippen LogP contribution in [-0.2, 0) is 6.54 Å². The summed E-state index contributed by atoms with van der Waals surface area (Å²) in [5.41, 5.74) is 2.40. The average Bonchev–Trinajstić information content (AvgIpc) is 2.66. The van der Waals surface area contributed by atoms with Gasteiger partial charge in [-0.05, 0) is 42.7 Å². The minimum atomic E-state index is 0.442. The smallest absolute Gasteiger partial charge is 0.118 e. The Bertz CT molecular complexity index is 681. The second kappa shape index (κ2) is 8.57. The second-order valence-corrected chi connectivity index (χ2v) is 6.36. The summed E-state index contributed by atoms with van der Waals surface area (Å²) in [7, 11) is 1.70. The monoisotopic (exact) mass is 319 g/mol. The molecule has 1 saturated carbocycles. The van der Waals surface area contributed by atoms with Crippen molar-refractivity contribution in [3.05, 3.63) is 65.7 Å². The lowest BCUT2D eigenvalue weighted by Crippen LogP contribution is -2.37. The van der Waals surface area contributed by atoms with Gasteiger partial charge in [-0.15, -0.1) is 0 Å². The number of methoxy groups -OCH3 is 1. The number of benzene rings is 2. The fraction of sp³-hybridized carbons (Fsp3) is 0.364. The molecule has 0 saturated heterocycles. The number of rotatable bonds is 4. The third-order valence-electron chi connectivity index (χ3n) is 4.67. The lowest BCUT2D eigenvalue weighted by Gasteiger charge is -2.29. The van der Waals surface area contributed by atoms with Gasteiger partial charge in [0.25, 0.3) is 0 Å². The number of hydrogen-bond acceptors (Lipinski definition) is 2. The van der Waals surface area contributed by atoms with Crippen LogP contribution in [0.15, 0.2) is 54.6 Å². The predicted octanol–water partition coefficient (Wildman–Crippen LogP) is 4.40. The first kappa shape index (κ1) is 16.6. The molecule has 0 amide bonds. The molecular formula is C22H25NO. The Kier molecular flexibility index (Phi) is 5.93. The van der Waals surface area contributed by atoms with Crippen molar-refractivity contribution in [2.75, 3.05) is 7.11 Å². The van der Waals surface area contributed by atoms with Gasteiger partial charge in [0, 0.05) is 24.1 Å². The molecule has 124 valence electrons. The summed E-state index contributed by atoms with van der Waals surface area (Å²) >= 11 is 0. The van der Waals surface area contributed by atoms with Crippen molar-refractivity contribution in [2.45, 2.75) is 38.3 Å². The summed E-state index contributed by atoms with van der Waals surface area (Å²) in [6.45, 7) is 0.887. The third-order valence-corrected chi connectivity index (χ3v) is 4.67. The molecule has 0 aliphatic heterocycles. The Labute approximate surface area is 145 Å². The van der Waals surface area contributed by atoms with Crippen molar-refractivity contribution in [3.63, 3.8) is 0 Å². The minimum absolute atomic E-state index is 0.442. The zero-order valence-electron chi connectivity index (χ0n) is 14.3. The van der Waals surface area contributed by atoms with Gasteiger partial charge in [-0.1, -0.05) is 55.0 Å². The highest BCUT2D eigenvalue weighted by molar-refractivity contribution is 5.34. The molecule has 2 nitrogen and oxygen atoms in total. The van der Waals surface area contributed by atoms with Crippen LogP contribution in [-0.4, -0.2) is 13.2 Å². The quantitative estimate of drug-likeness (QED) is 0.844. The highest BCUT2D eigenvalue weighted by atomic mass is 16.5. The van der Waals surface area contributed by atoms with Gasteiger partial charge in [0.05, 0.1) is 7.11 Å². The predicted molar refractivity (Wildman–Crippen MR) is 98.9 cm³/mol. The molecule has 24 heavy (non-hydrogen) atoms. The largest absolute Gasteiger partial charge is 0.497 e. The molecule has 0 spiro atoms. The van der Waals surface area contributed by atoms with E-state index >= 15 is 0 Å². The molecule has 2 atom stereocenters. The van der Waals surface area contributed by atoms with E-state index in [9.17, 15) is 0 Å². The SMILES string of the molecule is COc1ccc(CN[C@H]2CCCC[C@H]2C#Cc2ccccc2)cc1. The molecule has 1 N–H and O–H groups in total. The van der Waals surface area contributed by atoms with Crippen LogP contribution < -0.4 is 10.1 Å². The maximum Gasteiger partial charge on any atom is 0.118 e. The second-order valence-electron chi connectivity index (χ2n) is 6.36. The molecule has 3 rings (SSSR count). The van der Waals surface area contributed by atoms with Crippen molar-refractivity contribution in [2.24, 2.45) is 5.92 Å². The number of ether oxygens (including phenoxy) is 1. The van der Waals surface area contributed by atoms with Crippen molar-refractivity contribution in [1.82, 2.24) is 5.32 Å². The van der Waals surface area contributed by atoms with E-state index in [0.29, 0.717) is 12.0 Å². The van der Waals surface area contributed by atoms with E-state index in [-0.39, 0.29) is 0 Å². The van der Waals surface area contributed by atoms with Crippen LogP contribution in [0, 0.1) is 17.8 Å². The van der Waals surface area contributed by atoms with Gasteiger partial charge in [-0.25, -0.2) is 0 Å². The first-order chi connectivity index (χ1) is 11.8. The molecule has 0 radical (unpaired) electrons. The van der Waals surface area contributed by atoms with Crippen LogP contribution in [0.2, 0.25) is 0 Å². The summed E-state index contributed by atoms with van der Waals surface area (Å²) in [4.78, 5) is 0. The Morgan fingerprint density at radius 2 is 1.75 bits per heavy atom. The molecule has 1 aliphatic carbocycles. The summed E-state index contributed by atoms with van der Waals surface area (Å²) in [5.74, 6) is 8.21. The van der Waals surface area contributed by atoms with Crippen LogP contribution in [0.5, 0.6) is 5.75 Å². The van der Waals surface area contributed by atoms with Crippen molar-refractivity contribution >= 4 is 0 Å². The third kappa shape index (κ3) is 4.63. The fourth-order valence-corrected chi connectivity index (χ4v) is 3.24. The highest BCUT2D eigenvalue weighted by Gasteiger charge is 2.22. The van der Waals surface area contributed by atoms with Crippen LogP contribution in [0.3, 0.4) is 0 Å². The molecule has 2 heteroatoms. The van der Waals surface area contributed by atoms with Crippen LogP contribution in [0.1, 0.15) is 36.8 Å². The topological polar surface area (TPSA) is 21.3 Å². The van der Waals surface area contributed by atoms with E-state index in [1.165, 1.54) is 31.2 Å². The number of hydrogen-bond donors (Lipinski definition) is 1. The van der Waals surface area contributed by atoms with Crippen molar-refractivity contribution < 1.29 is 4.74 Å². The van der Waals surface area contributed by atoms with E-state index in [0.717, 1.165) is 17.9 Å². The summed E-state index contributed by atoms with van der Waals surface area (Å²) in [6.07, 6.45) is 4.99. The maximum atomic E-state index is 5.22. The summed E-state index contributed by atoms with van der Waals surface area (Å²) in [6, 6.07) is 19.1. The Balaban J connectivity index is 1.61. The highest BCUT2D eigenvalue weighted by Crippen LogP contribution is 2.24. The van der Waals surface area contributed by atoms with E-state index in [1.54, 1.807) is 7.11 Å². The summed E-state index contributed by atoms with van der Waals surface area (Å²) < 4.78 is 5.22. The molecule has 2 aromatic carbocycles. The first-order valence-corrected chi connectivity index (χ1v) is 8.78. The van der Waals surface area contributed by atoms with Crippen LogP contribution >= 0.6 is 0 Å². The molecular weight excluding hydrogens is 294 g/mol. The zero-order valence-corrected chi connectivity index (χ0v) is 14.3. The van der Waals surface area contributed by atoms with E-state index in [4.69, 9.17) is 4.74 Å². The van der Waals surface area contributed by atoms with E-state index < -0.39 is 0 Å². The molecule has 0 unspecified atom stereocenters. The standard InChI is InChI=1S/C22H25NO/c1-24-21-15-12-19(13-16-21)17-23-22-10-6-5-9-20(22)14-11-18-7-3-2-4-8-18/h2-4,7-8,12-13,15-16,20,22-23H,5-6,9-10,17H2,1H3/t20-,22-/m0/s1. The molecule has 1 aliphatic rings. The van der Waals surface area contributed by atoms with Crippen LogP contribution in [0.4, 0.5) is 0 Å². The zero-order chi connectivity index (χ0) is 16.6. The lowest BCUT2D eigenvalue weighted by atomic mass is 9.84. The first-order valence-electron chi connectivity index (χ1n) is 8.78. The van der Waals surface area contributed by atoms with Gasteiger partial charge < -0.3 is 10.1 Å². The Morgan fingerprint density at radius 1 is 1.00 bits per heavy atom. The Morgan fingerprint density at radius 3 is 2.50 bits per heavy atom. The maximum absolute atomic E-state index is 5.22. The van der Waals surface area contributed by atoms with Gasteiger partial charge in [0.1, 0.15) is 5.75 Å². The van der Waals surface area contributed by atoms with Crippen LogP contribution in [0.25, 0.3) is 0 Å². The minimum Gasteiger partial charge on any atom is -0.497 e. The Hall–Kier alpha value is -2.24. The number of nitrogens with one attached hydrogen (secondary N) is 1. The van der Waals surface area contributed by atoms with Gasteiger partial charge in [-0.2, -0.15) is 0 Å². The lowest BCUT2D eigenvalue weighted by molar-refractivity contribution is 0.313. The molecule has 1 fully saturated rings. The van der Waals surface area contributed by atoms with Gasteiger partial charge in [0.15, 0.2) is 0 Å². The molecule has 2 aromatic rings. The van der Waals surface area contributed by atoms with Crippen molar-refractivity contribution in [3.8, 4) is 17.6 Å². The average molecular weight is 319 g/mol.